The molecule has 22 heavy (non-hydrogen) atoms. The zero-order valence-electron chi connectivity index (χ0n) is 13.7. The van der Waals surface area contributed by atoms with Crippen LogP contribution in [0, 0.1) is 0 Å². The average Bonchev–Trinajstić information content (AvgIpc) is 2.62. The zero-order valence-corrected chi connectivity index (χ0v) is 14.6. The van der Waals surface area contributed by atoms with Crippen molar-refractivity contribution in [3.8, 4) is 0 Å². The summed E-state index contributed by atoms with van der Waals surface area (Å²) in [5.74, 6) is 2.73. The normalized spacial score (nSPS) is 29.9. The van der Waals surface area contributed by atoms with Crippen molar-refractivity contribution in [2.24, 2.45) is 0 Å². The molecule has 3 aliphatic rings. The third-order valence-corrected chi connectivity index (χ3v) is 6.63. The van der Waals surface area contributed by atoms with E-state index in [1.807, 2.05) is 0 Å². The van der Waals surface area contributed by atoms with Crippen molar-refractivity contribution < 1.29 is 4.79 Å². The van der Waals surface area contributed by atoms with Crippen molar-refractivity contribution in [3.05, 3.63) is 0 Å². The summed E-state index contributed by atoms with van der Waals surface area (Å²) in [4.78, 5) is 15.2. The smallest absolute Gasteiger partial charge is 0.237 e. The lowest BCUT2D eigenvalue weighted by molar-refractivity contribution is -0.124. The number of piperidine rings is 1. The Bertz CT molecular complexity index is 359. The Kier molecular flexibility index (Phi) is 6.05. The summed E-state index contributed by atoms with van der Waals surface area (Å²) in [7, 11) is 0. The van der Waals surface area contributed by atoms with Gasteiger partial charge in [-0.2, -0.15) is 11.8 Å². The van der Waals surface area contributed by atoms with E-state index >= 15 is 0 Å². The first kappa shape index (κ1) is 16.6. The van der Waals surface area contributed by atoms with E-state index in [4.69, 9.17) is 0 Å². The van der Waals surface area contributed by atoms with Crippen molar-refractivity contribution in [1.82, 2.24) is 15.5 Å². The molecule has 1 amide bonds. The van der Waals surface area contributed by atoms with Crippen LogP contribution in [0.1, 0.15) is 51.4 Å². The summed E-state index contributed by atoms with van der Waals surface area (Å²) >= 11 is 2.07. The highest BCUT2D eigenvalue weighted by molar-refractivity contribution is 7.99. The second-order valence-electron chi connectivity index (χ2n) is 7.10. The largest absolute Gasteiger partial charge is 0.353 e. The fourth-order valence-electron chi connectivity index (χ4n) is 4.30. The van der Waals surface area contributed by atoms with Gasteiger partial charge in [-0.25, -0.2) is 0 Å². The molecule has 0 radical (unpaired) electrons. The highest BCUT2D eigenvalue weighted by atomic mass is 32.2. The number of rotatable bonds is 4. The van der Waals surface area contributed by atoms with Crippen LogP contribution in [0.5, 0.6) is 0 Å². The Balaban J connectivity index is 1.58. The molecule has 2 N–H and O–H groups in total. The molecule has 1 saturated carbocycles. The van der Waals surface area contributed by atoms with Crippen LogP contribution < -0.4 is 10.6 Å². The molecule has 0 spiro atoms. The molecule has 3 fully saturated rings. The first-order valence-electron chi connectivity index (χ1n) is 9.14. The van der Waals surface area contributed by atoms with E-state index in [9.17, 15) is 4.79 Å². The van der Waals surface area contributed by atoms with E-state index in [2.05, 4.69) is 27.3 Å². The number of thioether (sulfide) groups is 1. The van der Waals surface area contributed by atoms with Crippen LogP contribution in [-0.4, -0.2) is 60.1 Å². The van der Waals surface area contributed by atoms with Gasteiger partial charge in [-0.05, 0) is 32.2 Å². The van der Waals surface area contributed by atoms with E-state index in [0.717, 1.165) is 19.5 Å². The fraction of sp³-hybridized carbons (Fsp3) is 0.941. The molecule has 4 nitrogen and oxygen atoms in total. The van der Waals surface area contributed by atoms with Crippen molar-refractivity contribution in [2.75, 3.05) is 37.7 Å². The van der Waals surface area contributed by atoms with Crippen LogP contribution in [-0.2, 0) is 4.79 Å². The Hall–Kier alpha value is -0.260. The maximum absolute atomic E-state index is 12.5. The average molecular weight is 326 g/mol. The number of carbonyl (C=O) groups is 1. The minimum Gasteiger partial charge on any atom is -0.353 e. The summed E-state index contributed by atoms with van der Waals surface area (Å²) in [5, 5.41) is 6.68. The Morgan fingerprint density at radius 3 is 2.59 bits per heavy atom. The molecular weight excluding hydrogens is 294 g/mol. The van der Waals surface area contributed by atoms with E-state index in [1.54, 1.807) is 0 Å². The van der Waals surface area contributed by atoms with Gasteiger partial charge in [0.1, 0.15) is 0 Å². The second-order valence-corrected chi connectivity index (χ2v) is 8.33. The van der Waals surface area contributed by atoms with Gasteiger partial charge < -0.3 is 10.6 Å². The van der Waals surface area contributed by atoms with Crippen molar-refractivity contribution in [3.63, 3.8) is 0 Å². The third-order valence-electron chi connectivity index (χ3n) is 5.68. The molecule has 2 saturated heterocycles. The summed E-state index contributed by atoms with van der Waals surface area (Å²) in [5.41, 5.74) is 0.240. The van der Waals surface area contributed by atoms with Gasteiger partial charge >= 0.3 is 0 Å². The maximum Gasteiger partial charge on any atom is 0.237 e. The van der Waals surface area contributed by atoms with Gasteiger partial charge in [-0.1, -0.05) is 25.7 Å². The highest BCUT2D eigenvalue weighted by Crippen LogP contribution is 2.34. The van der Waals surface area contributed by atoms with Gasteiger partial charge in [-0.15, -0.1) is 0 Å². The Morgan fingerprint density at radius 1 is 1.14 bits per heavy atom. The summed E-state index contributed by atoms with van der Waals surface area (Å²) in [6.07, 6.45) is 9.91. The Labute approximate surface area is 139 Å². The standard InChI is InChI=1S/C17H31N3OS/c21-16(15-6-2-5-9-18-15)19-14-17(7-3-1-4-8-17)20-10-12-22-13-11-20/h15,18H,1-14H2,(H,19,21)/t15-/m1/s1. The number of nitrogens with one attached hydrogen (secondary N) is 2. The predicted molar refractivity (Wildman–Crippen MR) is 93.4 cm³/mol. The highest BCUT2D eigenvalue weighted by Gasteiger charge is 2.39. The predicted octanol–water partition coefficient (Wildman–Crippen LogP) is 2.00. The van der Waals surface area contributed by atoms with Crippen LogP contribution in [0.4, 0.5) is 0 Å². The molecule has 2 heterocycles. The third kappa shape index (κ3) is 3.98. The molecule has 5 heteroatoms. The maximum atomic E-state index is 12.5. The molecule has 126 valence electrons. The van der Waals surface area contributed by atoms with Crippen LogP contribution >= 0.6 is 11.8 Å². The number of carbonyl (C=O) groups excluding carboxylic acids is 1. The molecule has 1 aliphatic carbocycles. The summed E-state index contributed by atoms with van der Waals surface area (Å²) in [6.45, 7) is 4.24. The van der Waals surface area contributed by atoms with Gasteiger partial charge in [0.2, 0.25) is 5.91 Å². The molecule has 0 aromatic carbocycles. The molecule has 1 atom stereocenters. The quantitative estimate of drug-likeness (QED) is 0.830. The van der Waals surface area contributed by atoms with Crippen LogP contribution in [0.25, 0.3) is 0 Å². The van der Waals surface area contributed by atoms with E-state index in [-0.39, 0.29) is 17.5 Å². The molecule has 0 aromatic heterocycles. The van der Waals surface area contributed by atoms with E-state index in [1.165, 1.54) is 69.5 Å². The minimum atomic E-state index is 0.0475. The van der Waals surface area contributed by atoms with E-state index < -0.39 is 0 Å². The molecule has 2 aliphatic heterocycles. The lowest BCUT2D eigenvalue weighted by Crippen LogP contribution is -2.60. The van der Waals surface area contributed by atoms with Gasteiger partial charge in [0.05, 0.1) is 6.04 Å². The first-order valence-corrected chi connectivity index (χ1v) is 10.3. The van der Waals surface area contributed by atoms with Crippen LogP contribution in [0.15, 0.2) is 0 Å². The molecule has 3 rings (SSSR count). The second kappa shape index (κ2) is 8.02. The van der Waals surface area contributed by atoms with Crippen molar-refractivity contribution in [1.29, 1.82) is 0 Å². The van der Waals surface area contributed by atoms with Crippen molar-refractivity contribution in [2.45, 2.75) is 62.9 Å². The molecule has 0 bridgehead atoms. The zero-order chi connectivity index (χ0) is 15.3. The van der Waals surface area contributed by atoms with Gasteiger partial charge in [-0.3, -0.25) is 9.69 Å². The molecular formula is C17H31N3OS. The summed E-state index contributed by atoms with van der Waals surface area (Å²) in [6, 6.07) is 0.0475. The Morgan fingerprint density at radius 2 is 1.91 bits per heavy atom. The number of amides is 1. The van der Waals surface area contributed by atoms with Gasteiger partial charge in [0, 0.05) is 36.7 Å². The number of nitrogens with zero attached hydrogens (tertiary/aromatic N) is 1. The van der Waals surface area contributed by atoms with Gasteiger partial charge in [0.25, 0.3) is 0 Å². The first-order chi connectivity index (χ1) is 10.8. The minimum absolute atomic E-state index is 0.0475. The van der Waals surface area contributed by atoms with Crippen LogP contribution in [0.3, 0.4) is 0 Å². The number of hydrogen-bond donors (Lipinski definition) is 2. The number of hydrogen-bond acceptors (Lipinski definition) is 4. The molecule has 0 unspecified atom stereocenters. The van der Waals surface area contributed by atoms with Gasteiger partial charge in [0.15, 0.2) is 0 Å². The van der Waals surface area contributed by atoms with E-state index in [0.29, 0.717) is 0 Å². The SMILES string of the molecule is O=C(NCC1(N2CCSCC2)CCCCC1)[C@H]1CCCCN1. The van der Waals surface area contributed by atoms with Crippen LogP contribution in [0.2, 0.25) is 0 Å². The lowest BCUT2D eigenvalue weighted by atomic mass is 9.80. The lowest BCUT2D eigenvalue weighted by Gasteiger charge is -2.48. The van der Waals surface area contributed by atoms with Crippen molar-refractivity contribution >= 4 is 17.7 Å². The monoisotopic (exact) mass is 325 g/mol. The fourth-order valence-corrected chi connectivity index (χ4v) is 5.21. The molecule has 0 aromatic rings. The summed E-state index contributed by atoms with van der Waals surface area (Å²) < 4.78 is 0. The topological polar surface area (TPSA) is 44.4 Å².